The highest BCUT2D eigenvalue weighted by molar-refractivity contribution is 7.15. The van der Waals surface area contributed by atoms with E-state index in [-0.39, 0.29) is 16.9 Å². The molecule has 0 bridgehead atoms. The molecule has 1 unspecified atom stereocenters. The average Bonchev–Trinajstić information content (AvgIpc) is 3.17. The van der Waals surface area contributed by atoms with Crippen LogP contribution in [-0.4, -0.2) is 39.0 Å². The first-order valence-corrected chi connectivity index (χ1v) is 7.64. The summed E-state index contributed by atoms with van der Waals surface area (Å²) >= 11 is 0.650. The number of alkyl halides is 2. The Morgan fingerprint density at radius 1 is 1.50 bits per heavy atom. The van der Waals surface area contributed by atoms with Gasteiger partial charge in [0.15, 0.2) is 10.7 Å². The fourth-order valence-corrected chi connectivity index (χ4v) is 2.85. The summed E-state index contributed by atoms with van der Waals surface area (Å²) < 4.78 is 26.6. The molecular weight excluding hydrogens is 314 g/mol. The number of hydrogen-bond acceptors (Lipinski definition) is 6. The Morgan fingerprint density at radius 2 is 2.36 bits per heavy atom. The number of carbonyl (C=O) groups is 1. The van der Waals surface area contributed by atoms with Crippen LogP contribution >= 0.6 is 11.3 Å². The summed E-state index contributed by atoms with van der Waals surface area (Å²) in [6.45, 7) is 1.81. The van der Waals surface area contributed by atoms with Crippen molar-refractivity contribution in [3.05, 3.63) is 23.0 Å². The number of hydrogen-bond donors (Lipinski definition) is 2. The summed E-state index contributed by atoms with van der Waals surface area (Å²) in [5, 5.41) is 16.4. The molecule has 2 aromatic heterocycles. The quantitative estimate of drug-likeness (QED) is 0.895. The van der Waals surface area contributed by atoms with Crippen LogP contribution in [0.3, 0.4) is 0 Å². The molecule has 7 nitrogen and oxygen atoms in total. The first kappa shape index (κ1) is 15.0. The average molecular weight is 328 g/mol. The highest BCUT2D eigenvalue weighted by Gasteiger charge is 2.19. The largest absolute Gasteiger partial charge is 0.315 e. The second kappa shape index (κ2) is 6.44. The second-order valence-corrected chi connectivity index (χ2v) is 5.89. The van der Waals surface area contributed by atoms with Gasteiger partial charge < -0.3 is 5.32 Å². The topological polar surface area (TPSA) is 84.7 Å². The number of amides is 1. The number of nitrogens with zero attached hydrogens (tertiary/aromatic N) is 4. The van der Waals surface area contributed by atoms with Crippen LogP contribution in [0.2, 0.25) is 0 Å². The molecule has 0 aromatic carbocycles. The Hall–Kier alpha value is -1.94. The Kier molecular flexibility index (Phi) is 4.39. The summed E-state index contributed by atoms with van der Waals surface area (Å²) in [5.74, 6) is -0.487. The van der Waals surface area contributed by atoms with Crippen LogP contribution in [0.15, 0.2) is 12.3 Å². The van der Waals surface area contributed by atoms with E-state index in [1.807, 2.05) is 0 Å². The first-order valence-electron chi connectivity index (χ1n) is 6.82. The molecular formula is C12H14F2N6OS. The predicted molar refractivity (Wildman–Crippen MR) is 76.2 cm³/mol. The van der Waals surface area contributed by atoms with Gasteiger partial charge in [0.2, 0.25) is 5.13 Å². The van der Waals surface area contributed by atoms with E-state index in [1.54, 1.807) is 16.9 Å². The van der Waals surface area contributed by atoms with Gasteiger partial charge in [0.1, 0.15) is 0 Å². The maximum atomic E-state index is 12.4. The zero-order valence-electron chi connectivity index (χ0n) is 11.5. The monoisotopic (exact) mass is 328 g/mol. The standard InChI is InChI=1S/C12H14F2N6OS/c13-9(14)11-17-18-12(22-11)16-10(21)8-3-5-20(19-8)7-2-1-4-15-6-7/h3,5,7,9,15H,1-2,4,6H2,(H,16,18,21). The van der Waals surface area contributed by atoms with Crippen LogP contribution in [0.4, 0.5) is 13.9 Å². The van der Waals surface area contributed by atoms with E-state index in [2.05, 4.69) is 25.9 Å². The molecule has 0 radical (unpaired) electrons. The normalized spacial score (nSPS) is 18.6. The van der Waals surface area contributed by atoms with Crippen molar-refractivity contribution in [3.63, 3.8) is 0 Å². The number of piperidine rings is 1. The van der Waals surface area contributed by atoms with Crippen LogP contribution in [0.25, 0.3) is 0 Å². The van der Waals surface area contributed by atoms with E-state index >= 15 is 0 Å². The number of anilines is 1. The van der Waals surface area contributed by atoms with Crippen molar-refractivity contribution in [1.82, 2.24) is 25.3 Å². The number of carbonyl (C=O) groups excluding carboxylic acids is 1. The molecule has 1 atom stereocenters. The van der Waals surface area contributed by atoms with Crippen molar-refractivity contribution in [1.29, 1.82) is 0 Å². The predicted octanol–water partition coefficient (Wildman–Crippen LogP) is 1.85. The molecule has 0 aliphatic carbocycles. The van der Waals surface area contributed by atoms with Gasteiger partial charge in [0.05, 0.1) is 6.04 Å². The Bertz CT molecular complexity index is 652. The molecule has 118 valence electrons. The summed E-state index contributed by atoms with van der Waals surface area (Å²) in [6, 6.07) is 1.82. The van der Waals surface area contributed by atoms with Gasteiger partial charge in [-0.1, -0.05) is 11.3 Å². The van der Waals surface area contributed by atoms with Crippen molar-refractivity contribution >= 4 is 22.4 Å². The number of aromatic nitrogens is 4. The van der Waals surface area contributed by atoms with Gasteiger partial charge in [-0.2, -0.15) is 5.10 Å². The molecule has 3 rings (SSSR count). The zero-order valence-corrected chi connectivity index (χ0v) is 12.3. The van der Waals surface area contributed by atoms with Crippen LogP contribution in [0.1, 0.15) is 40.8 Å². The Labute approximate surface area is 128 Å². The molecule has 1 aliphatic heterocycles. The molecule has 1 fully saturated rings. The third-order valence-corrected chi connectivity index (χ3v) is 4.18. The van der Waals surface area contributed by atoms with Crippen molar-refractivity contribution in [2.75, 3.05) is 18.4 Å². The molecule has 0 spiro atoms. The minimum atomic E-state index is -2.69. The maximum absolute atomic E-state index is 12.4. The van der Waals surface area contributed by atoms with Gasteiger partial charge in [-0.3, -0.25) is 14.8 Å². The van der Waals surface area contributed by atoms with Crippen LogP contribution in [0, 0.1) is 0 Å². The maximum Gasteiger partial charge on any atom is 0.291 e. The van der Waals surface area contributed by atoms with Crippen LogP contribution in [-0.2, 0) is 0 Å². The highest BCUT2D eigenvalue weighted by atomic mass is 32.1. The fraction of sp³-hybridized carbons (Fsp3) is 0.500. The van der Waals surface area contributed by atoms with E-state index < -0.39 is 17.3 Å². The lowest BCUT2D eigenvalue weighted by atomic mass is 10.1. The molecule has 10 heteroatoms. The Morgan fingerprint density at radius 3 is 3.05 bits per heavy atom. The van der Waals surface area contributed by atoms with Gasteiger partial charge in [-0.05, 0) is 25.5 Å². The van der Waals surface area contributed by atoms with Crippen molar-refractivity contribution in [2.24, 2.45) is 0 Å². The van der Waals surface area contributed by atoms with Crippen molar-refractivity contribution in [3.8, 4) is 0 Å². The van der Waals surface area contributed by atoms with Gasteiger partial charge in [-0.15, -0.1) is 10.2 Å². The summed E-state index contributed by atoms with van der Waals surface area (Å²) in [5.41, 5.74) is 0.222. The summed E-state index contributed by atoms with van der Waals surface area (Å²) in [6.07, 6.45) is 1.12. The number of halogens is 2. The van der Waals surface area contributed by atoms with Crippen LogP contribution < -0.4 is 10.6 Å². The molecule has 22 heavy (non-hydrogen) atoms. The Balaban J connectivity index is 1.65. The zero-order chi connectivity index (χ0) is 15.5. The minimum absolute atomic E-state index is 0.0363. The van der Waals surface area contributed by atoms with E-state index in [0.29, 0.717) is 11.3 Å². The van der Waals surface area contributed by atoms with Crippen molar-refractivity contribution in [2.45, 2.75) is 25.3 Å². The van der Waals surface area contributed by atoms with Gasteiger partial charge in [-0.25, -0.2) is 8.78 Å². The lowest BCUT2D eigenvalue weighted by molar-refractivity contribution is 0.102. The number of rotatable bonds is 4. The minimum Gasteiger partial charge on any atom is -0.315 e. The van der Waals surface area contributed by atoms with Crippen molar-refractivity contribution < 1.29 is 13.6 Å². The lowest BCUT2D eigenvalue weighted by Gasteiger charge is -2.22. The summed E-state index contributed by atoms with van der Waals surface area (Å²) in [4.78, 5) is 12.0. The van der Waals surface area contributed by atoms with Crippen LogP contribution in [0.5, 0.6) is 0 Å². The lowest BCUT2D eigenvalue weighted by Crippen LogP contribution is -2.32. The molecule has 1 saturated heterocycles. The highest BCUT2D eigenvalue weighted by Crippen LogP contribution is 2.25. The molecule has 1 amide bonds. The van der Waals surface area contributed by atoms with E-state index in [1.165, 1.54) is 0 Å². The molecule has 2 aromatic rings. The number of nitrogens with one attached hydrogen (secondary N) is 2. The van der Waals surface area contributed by atoms with E-state index in [9.17, 15) is 13.6 Å². The third kappa shape index (κ3) is 3.28. The van der Waals surface area contributed by atoms with Gasteiger partial charge in [0, 0.05) is 12.7 Å². The first-order chi connectivity index (χ1) is 10.6. The SMILES string of the molecule is O=C(Nc1nnc(C(F)F)s1)c1ccn(C2CCCNC2)n1. The summed E-state index contributed by atoms with van der Waals surface area (Å²) in [7, 11) is 0. The molecule has 0 saturated carbocycles. The van der Waals surface area contributed by atoms with Gasteiger partial charge in [0.25, 0.3) is 12.3 Å². The van der Waals surface area contributed by atoms with E-state index in [0.717, 1.165) is 25.9 Å². The fourth-order valence-electron chi connectivity index (χ4n) is 2.26. The molecule has 3 heterocycles. The van der Waals surface area contributed by atoms with E-state index in [4.69, 9.17) is 0 Å². The molecule has 1 aliphatic rings. The molecule has 2 N–H and O–H groups in total. The smallest absolute Gasteiger partial charge is 0.291 e. The van der Waals surface area contributed by atoms with Gasteiger partial charge >= 0.3 is 0 Å². The third-order valence-electron chi connectivity index (χ3n) is 3.33. The second-order valence-electron chi connectivity index (χ2n) is 4.88.